The van der Waals surface area contributed by atoms with Crippen LogP contribution in [0.25, 0.3) is 0 Å². The van der Waals surface area contributed by atoms with Gasteiger partial charge in [-0.25, -0.2) is 46.3 Å². The quantitative estimate of drug-likeness (QED) is 0.135. The number of ether oxygens (including phenoxy) is 2. The summed E-state index contributed by atoms with van der Waals surface area (Å²) in [5.41, 5.74) is 2.70. The minimum Gasteiger partial charge on any atom is -0.490 e. The van der Waals surface area contributed by atoms with E-state index in [1.54, 1.807) is 0 Å². The van der Waals surface area contributed by atoms with Crippen LogP contribution in [0.15, 0.2) is 24.3 Å². The highest BCUT2D eigenvalue weighted by atomic mass is 19.2. The molecule has 12 nitrogen and oxygen atoms in total. The molecule has 2 saturated carbocycles. The molecule has 320 valence electrons. The maximum absolute atomic E-state index is 13.4. The van der Waals surface area contributed by atoms with Crippen molar-refractivity contribution in [2.45, 2.75) is 103 Å². The Morgan fingerprint density at radius 1 is 0.600 bits per heavy atom. The first-order chi connectivity index (χ1) is 28.4. The monoisotopic (exact) mass is 840 g/mol. The molecule has 4 aliphatic rings. The fraction of sp³-hybridized carbons (Fsp3) is 0.476. The number of anilines is 4. The Balaban J connectivity index is 0.000000181. The van der Waals surface area contributed by atoms with Crippen LogP contribution in [-0.4, -0.2) is 70.1 Å². The van der Waals surface area contributed by atoms with Crippen LogP contribution in [0.3, 0.4) is 0 Å². The topological polar surface area (TPSA) is 135 Å². The number of carbonyl (C=O) groups is 2. The Bertz CT molecular complexity index is 2110. The fourth-order valence-corrected chi connectivity index (χ4v) is 8.13. The van der Waals surface area contributed by atoms with Crippen LogP contribution < -0.4 is 29.9 Å². The number of nitrogens with one attached hydrogen (secondary N) is 2. The Kier molecular flexibility index (Phi) is 12.1. The molecule has 2 N–H and O–H groups in total. The van der Waals surface area contributed by atoms with Crippen molar-refractivity contribution >= 4 is 34.8 Å². The van der Waals surface area contributed by atoms with Crippen LogP contribution in [0, 0.1) is 60.6 Å². The second-order valence-electron chi connectivity index (χ2n) is 16.0. The zero-order valence-corrected chi connectivity index (χ0v) is 34.0. The molecule has 0 saturated heterocycles. The number of halogens is 6. The zero-order chi connectivity index (χ0) is 43.2. The molecule has 8 rings (SSSR count). The van der Waals surface area contributed by atoms with Crippen LogP contribution in [0.1, 0.15) is 75.4 Å². The number of rotatable bonds is 8. The highest BCUT2D eigenvalue weighted by molar-refractivity contribution is 6.03. The Hall–Kier alpha value is -5.68. The summed E-state index contributed by atoms with van der Waals surface area (Å²) in [7, 11) is 3.66. The molecule has 6 atom stereocenters. The lowest BCUT2D eigenvalue weighted by molar-refractivity contribution is -0.118. The van der Waals surface area contributed by atoms with Gasteiger partial charge in [0, 0.05) is 51.2 Å². The summed E-state index contributed by atoms with van der Waals surface area (Å²) in [4.78, 5) is 46.2. The van der Waals surface area contributed by atoms with E-state index in [4.69, 9.17) is 9.47 Å². The van der Waals surface area contributed by atoms with Crippen LogP contribution in [0.2, 0.25) is 0 Å². The van der Waals surface area contributed by atoms with Crippen molar-refractivity contribution in [2.24, 2.45) is 11.8 Å². The van der Waals surface area contributed by atoms with E-state index in [9.17, 15) is 35.9 Å². The van der Waals surface area contributed by atoms with E-state index in [0.29, 0.717) is 71.7 Å². The maximum atomic E-state index is 13.4. The van der Waals surface area contributed by atoms with Gasteiger partial charge in [0.15, 0.2) is 46.5 Å². The predicted octanol–water partition coefficient (Wildman–Crippen LogP) is 7.54. The van der Waals surface area contributed by atoms with Gasteiger partial charge < -0.3 is 29.9 Å². The third kappa shape index (κ3) is 8.92. The number of likely N-dealkylation sites (N-methyl/N-ethyl adjacent to an activating group) is 2. The van der Waals surface area contributed by atoms with Crippen molar-refractivity contribution in [3.05, 3.63) is 82.2 Å². The number of aromatic nitrogens is 4. The summed E-state index contributed by atoms with van der Waals surface area (Å²) in [6.07, 6.45) is 5.39. The number of fused-ring (bicyclic) bond motifs is 2. The third-order valence-corrected chi connectivity index (χ3v) is 11.8. The molecular formula is C42H46F6N8O4. The number of carbonyl (C=O) groups excluding carboxylic acids is 2. The molecule has 4 heterocycles. The first kappa shape index (κ1) is 42.4. The van der Waals surface area contributed by atoms with Gasteiger partial charge in [-0.2, -0.15) is 0 Å². The largest absolute Gasteiger partial charge is 0.490 e. The molecule has 2 aliphatic heterocycles. The molecule has 2 aromatic carbocycles. The summed E-state index contributed by atoms with van der Waals surface area (Å²) in [6, 6.07) is 2.83. The van der Waals surface area contributed by atoms with Gasteiger partial charge >= 0.3 is 0 Å². The molecule has 0 unspecified atom stereocenters. The molecule has 0 spiro atoms. The van der Waals surface area contributed by atoms with Crippen LogP contribution in [0.4, 0.5) is 49.4 Å². The fourth-order valence-electron chi connectivity index (χ4n) is 8.13. The number of amides is 2. The number of aryl methyl sites for hydroxylation is 2. The maximum Gasteiger partial charge on any atom is 0.246 e. The molecule has 0 radical (unpaired) electrons. The molecule has 0 bridgehead atoms. The van der Waals surface area contributed by atoms with Crippen molar-refractivity contribution in [3.8, 4) is 11.5 Å². The number of hydrogen-bond acceptors (Lipinski definition) is 10. The van der Waals surface area contributed by atoms with Crippen molar-refractivity contribution in [3.63, 3.8) is 0 Å². The van der Waals surface area contributed by atoms with Gasteiger partial charge in [-0.15, -0.1) is 0 Å². The first-order valence-corrected chi connectivity index (χ1v) is 19.9. The highest BCUT2D eigenvalue weighted by Crippen LogP contribution is 2.37. The van der Waals surface area contributed by atoms with Gasteiger partial charge in [-0.3, -0.25) is 9.59 Å². The lowest BCUT2D eigenvalue weighted by Gasteiger charge is -2.32. The summed E-state index contributed by atoms with van der Waals surface area (Å²) < 4.78 is 91.1. The van der Waals surface area contributed by atoms with E-state index in [0.717, 1.165) is 49.9 Å². The van der Waals surface area contributed by atoms with Crippen molar-refractivity contribution in [1.29, 1.82) is 0 Å². The van der Waals surface area contributed by atoms with Gasteiger partial charge in [0.25, 0.3) is 0 Å². The van der Waals surface area contributed by atoms with Crippen LogP contribution >= 0.6 is 0 Å². The Morgan fingerprint density at radius 3 is 1.30 bits per heavy atom. The molecule has 18 heteroatoms. The SMILES string of the molecule is Cc1nc(C[C@@H]2CC[C@H](Oc3cc(F)c(F)c(F)c3)C2)nc2c1NC(=O)[C@H](C)N2C.Cc1nc(C[C@H]2CC[C@@H](Oc3cc(F)c(F)c(F)c3)C2)nc2c1NC(=O)[C@H](C)N2C. The average molecular weight is 841 g/mol. The van der Waals surface area contributed by atoms with Crippen LogP contribution in [0.5, 0.6) is 11.5 Å². The Morgan fingerprint density at radius 2 is 0.950 bits per heavy atom. The molecule has 2 amide bonds. The number of nitrogens with zero attached hydrogens (tertiary/aromatic N) is 6. The van der Waals surface area contributed by atoms with Gasteiger partial charge in [-0.05, 0) is 78.1 Å². The Labute approximate surface area is 343 Å². The number of benzene rings is 2. The predicted molar refractivity (Wildman–Crippen MR) is 210 cm³/mol. The zero-order valence-electron chi connectivity index (χ0n) is 34.0. The molecule has 2 fully saturated rings. The summed E-state index contributed by atoms with van der Waals surface area (Å²) in [5, 5.41) is 5.73. The summed E-state index contributed by atoms with van der Waals surface area (Å²) in [5.74, 6) is -4.96. The molecule has 60 heavy (non-hydrogen) atoms. The minimum atomic E-state index is -1.50. The summed E-state index contributed by atoms with van der Waals surface area (Å²) in [6.45, 7) is 7.31. The van der Waals surface area contributed by atoms with E-state index in [-0.39, 0.29) is 59.4 Å². The van der Waals surface area contributed by atoms with E-state index < -0.39 is 34.9 Å². The van der Waals surface area contributed by atoms with Gasteiger partial charge in [0.2, 0.25) is 11.8 Å². The van der Waals surface area contributed by atoms with Gasteiger partial charge in [-0.1, -0.05) is 0 Å². The second kappa shape index (κ2) is 17.1. The third-order valence-electron chi connectivity index (χ3n) is 11.8. The van der Waals surface area contributed by atoms with E-state index >= 15 is 0 Å². The van der Waals surface area contributed by atoms with Crippen molar-refractivity contribution < 1.29 is 45.4 Å². The van der Waals surface area contributed by atoms with Gasteiger partial charge in [0.05, 0.1) is 23.6 Å². The normalized spacial score (nSPS) is 23.3. The molecule has 2 aliphatic carbocycles. The van der Waals surface area contributed by atoms with E-state index in [2.05, 4.69) is 30.6 Å². The number of hydrogen-bond donors (Lipinski definition) is 2. The molecule has 2 aromatic heterocycles. The smallest absolute Gasteiger partial charge is 0.246 e. The average Bonchev–Trinajstić information content (AvgIpc) is 3.83. The van der Waals surface area contributed by atoms with E-state index in [1.807, 2.05) is 51.6 Å². The van der Waals surface area contributed by atoms with Crippen molar-refractivity contribution in [2.75, 3.05) is 34.5 Å². The van der Waals surface area contributed by atoms with Gasteiger partial charge in [0.1, 0.15) is 46.6 Å². The lowest BCUT2D eigenvalue weighted by atomic mass is 10.0. The molecular weight excluding hydrogens is 795 g/mol. The van der Waals surface area contributed by atoms with Crippen LogP contribution in [-0.2, 0) is 22.4 Å². The lowest BCUT2D eigenvalue weighted by Crippen LogP contribution is -2.45. The first-order valence-electron chi connectivity index (χ1n) is 19.9. The standard InChI is InChI=1S/2C21H23F3N4O2/c2*1-10-19-20(28(3)11(2)21(29)27-19)26-17(25-10)7-12-4-5-13(6-12)30-14-8-15(22)18(24)16(23)9-14/h2*8-9,11-13H,4-7H2,1-3H3,(H,27,29)/t11-,12+,13-;11-,12-,13+/m00/s1. The highest BCUT2D eigenvalue weighted by Gasteiger charge is 2.34. The van der Waals surface area contributed by atoms with Crippen molar-refractivity contribution in [1.82, 2.24) is 19.9 Å². The molecule has 4 aromatic rings. The second-order valence-corrected chi connectivity index (χ2v) is 16.0. The van der Waals surface area contributed by atoms with E-state index in [1.165, 1.54) is 0 Å². The summed E-state index contributed by atoms with van der Waals surface area (Å²) >= 11 is 0. The minimum absolute atomic E-state index is 0.00993.